The number of fused-ring (bicyclic) bond motifs is 2. The zero-order valence-electron chi connectivity index (χ0n) is 15.2. The lowest BCUT2D eigenvalue weighted by atomic mass is 10.1. The van der Waals surface area contributed by atoms with Gasteiger partial charge in [0.25, 0.3) is 0 Å². The zero-order chi connectivity index (χ0) is 19.1. The molecule has 2 heterocycles. The highest BCUT2D eigenvalue weighted by Crippen LogP contribution is 2.26. The lowest BCUT2D eigenvalue weighted by molar-refractivity contribution is 0.545. The number of nitrogens with one attached hydrogen (secondary N) is 1. The minimum Gasteiger partial charge on any atom is -0.437 e. The van der Waals surface area contributed by atoms with Gasteiger partial charge in [0, 0.05) is 21.3 Å². The van der Waals surface area contributed by atoms with Gasteiger partial charge in [0.05, 0.1) is 16.9 Å². The van der Waals surface area contributed by atoms with Gasteiger partial charge in [-0.2, -0.15) is 0 Å². The predicted octanol–water partition coefficient (Wildman–Crippen LogP) is 6.78. The van der Waals surface area contributed by atoms with Crippen molar-refractivity contribution in [2.45, 2.75) is 6.92 Å². The number of aromatic nitrogens is 1. The minimum absolute atomic E-state index is 0.565. The van der Waals surface area contributed by atoms with Crippen LogP contribution in [0.15, 0.2) is 88.3 Å². The first-order valence-electron chi connectivity index (χ1n) is 9.09. The van der Waals surface area contributed by atoms with Crippen LogP contribution in [0.5, 0.6) is 0 Å². The number of para-hydroxylation sites is 2. The molecule has 0 saturated carbocycles. The monoisotopic (exact) mass is 384 g/mol. The molecule has 3 nitrogen and oxygen atoms in total. The summed E-state index contributed by atoms with van der Waals surface area (Å²) in [5, 5.41) is 2.88. The van der Waals surface area contributed by atoms with Crippen molar-refractivity contribution in [1.82, 2.24) is 4.98 Å². The van der Waals surface area contributed by atoms with Crippen LogP contribution < -0.4 is 5.55 Å². The molecule has 0 radical (unpaired) electrons. The summed E-state index contributed by atoms with van der Waals surface area (Å²) in [6, 6.07) is 26.0. The molecular formula is C24H17ClN2O. The summed E-state index contributed by atoms with van der Waals surface area (Å²) in [5.41, 5.74) is 6.25. The van der Waals surface area contributed by atoms with Crippen LogP contribution in [0.1, 0.15) is 5.56 Å². The fraction of sp³-hybridized carbons (Fsp3) is 0.0417. The SMILES string of the molecule is Cc1cccc2cc(-c3cc4ccccc4[nH]3)c(=Nc3ccc(Cl)cc3)oc12. The number of benzene rings is 3. The van der Waals surface area contributed by atoms with Crippen molar-refractivity contribution in [2.24, 2.45) is 4.99 Å². The molecule has 4 heteroatoms. The van der Waals surface area contributed by atoms with Crippen molar-refractivity contribution in [2.75, 3.05) is 0 Å². The summed E-state index contributed by atoms with van der Waals surface area (Å²) in [7, 11) is 0. The third kappa shape index (κ3) is 3.00. The lowest BCUT2D eigenvalue weighted by Crippen LogP contribution is -2.06. The van der Waals surface area contributed by atoms with E-state index >= 15 is 0 Å². The predicted molar refractivity (Wildman–Crippen MR) is 115 cm³/mol. The third-order valence-electron chi connectivity index (χ3n) is 4.85. The molecule has 0 unspecified atom stereocenters. The fourth-order valence-corrected chi connectivity index (χ4v) is 3.55. The summed E-state index contributed by atoms with van der Waals surface area (Å²) in [4.78, 5) is 8.26. The van der Waals surface area contributed by atoms with Gasteiger partial charge in [-0.05, 0) is 55.0 Å². The smallest absolute Gasteiger partial charge is 0.229 e. The van der Waals surface area contributed by atoms with Crippen LogP contribution in [0.4, 0.5) is 5.69 Å². The highest BCUT2D eigenvalue weighted by molar-refractivity contribution is 6.30. The zero-order valence-corrected chi connectivity index (χ0v) is 16.0. The lowest BCUT2D eigenvalue weighted by Gasteiger charge is -2.06. The van der Waals surface area contributed by atoms with Crippen molar-refractivity contribution in [1.29, 1.82) is 0 Å². The van der Waals surface area contributed by atoms with Crippen LogP contribution in [0.2, 0.25) is 5.02 Å². The molecule has 5 rings (SSSR count). The molecule has 0 aliphatic heterocycles. The second-order valence-corrected chi connectivity index (χ2v) is 7.25. The van der Waals surface area contributed by atoms with Gasteiger partial charge >= 0.3 is 0 Å². The molecular weight excluding hydrogens is 368 g/mol. The first-order valence-corrected chi connectivity index (χ1v) is 9.47. The van der Waals surface area contributed by atoms with E-state index in [1.54, 1.807) is 0 Å². The van der Waals surface area contributed by atoms with E-state index in [2.05, 4.69) is 35.3 Å². The van der Waals surface area contributed by atoms with E-state index in [0.29, 0.717) is 10.6 Å². The van der Waals surface area contributed by atoms with E-state index in [1.165, 1.54) is 0 Å². The minimum atomic E-state index is 0.565. The highest BCUT2D eigenvalue weighted by Gasteiger charge is 2.11. The van der Waals surface area contributed by atoms with E-state index in [9.17, 15) is 0 Å². The number of hydrogen-bond donors (Lipinski definition) is 1. The van der Waals surface area contributed by atoms with Gasteiger partial charge in [0.2, 0.25) is 5.55 Å². The maximum atomic E-state index is 6.29. The van der Waals surface area contributed by atoms with Gasteiger partial charge in [-0.25, -0.2) is 4.99 Å². The summed E-state index contributed by atoms with van der Waals surface area (Å²) in [6.45, 7) is 2.04. The van der Waals surface area contributed by atoms with E-state index in [1.807, 2.05) is 55.5 Å². The average Bonchev–Trinajstić information content (AvgIpc) is 3.14. The number of hydrogen-bond acceptors (Lipinski definition) is 2. The van der Waals surface area contributed by atoms with Crippen molar-refractivity contribution in [3.63, 3.8) is 0 Å². The van der Waals surface area contributed by atoms with Gasteiger partial charge < -0.3 is 9.40 Å². The Kier molecular flexibility index (Phi) is 4.03. The van der Waals surface area contributed by atoms with Crippen LogP contribution in [-0.4, -0.2) is 4.98 Å². The number of aromatic amines is 1. The number of aryl methyl sites for hydroxylation is 1. The Bertz CT molecular complexity index is 1340. The topological polar surface area (TPSA) is 41.3 Å². The van der Waals surface area contributed by atoms with E-state index in [0.717, 1.165) is 44.4 Å². The van der Waals surface area contributed by atoms with E-state index in [-0.39, 0.29) is 0 Å². The molecule has 0 aliphatic carbocycles. The maximum absolute atomic E-state index is 6.29. The average molecular weight is 385 g/mol. The second-order valence-electron chi connectivity index (χ2n) is 6.82. The van der Waals surface area contributed by atoms with Gasteiger partial charge in [0.15, 0.2) is 0 Å². The van der Waals surface area contributed by atoms with Crippen molar-refractivity contribution in [3.05, 3.63) is 95.0 Å². The number of rotatable bonds is 2. The normalized spacial score (nSPS) is 12.1. The molecule has 0 saturated heterocycles. The Morgan fingerprint density at radius 2 is 1.64 bits per heavy atom. The van der Waals surface area contributed by atoms with Crippen molar-refractivity contribution >= 4 is 39.2 Å². The summed E-state index contributed by atoms with van der Waals surface area (Å²) in [6.07, 6.45) is 0. The fourth-order valence-electron chi connectivity index (χ4n) is 3.42. The molecule has 0 spiro atoms. The maximum Gasteiger partial charge on any atom is 0.229 e. The Morgan fingerprint density at radius 3 is 2.46 bits per heavy atom. The molecule has 0 fully saturated rings. The first kappa shape index (κ1) is 16.8. The summed E-state index contributed by atoms with van der Waals surface area (Å²) >= 11 is 6.02. The molecule has 1 N–H and O–H groups in total. The number of H-pyrrole nitrogens is 1. The van der Waals surface area contributed by atoms with Gasteiger partial charge in [-0.3, -0.25) is 0 Å². The molecule has 0 amide bonds. The molecule has 5 aromatic rings. The quantitative estimate of drug-likeness (QED) is 0.358. The third-order valence-corrected chi connectivity index (χ3v) is 5.10. The van der Waals surface area contributed by atoms with Crippen LogP contribution in [0.25, 0.3) is 33.1 Å². The second kappa shape index (κ2) is 6.70. The molecule has 136 valence electrons. The van der Waals surface area contributed by atoms with Crippen LogP contribution in [0, 0.1) is 6.92 Å². The molecule has 0 aliphatic rings. The molecule has 0 bridgehead atoms. The van der Waals surface area contributed by atoms with E-state index < -0.39 is 0 Å². The van der Waals surface area contributed by atoms with Crippen LogP contribution in [-0.2, 0) is 0 Å². The summed E-state index contributed by atoms with van der Waals surface area (Å²) < 4.78 is 6.29. The van der Waals surface area contributed by atoms with Crippen molar-refractivity contribution in [3.8, 4) is 11.3 Å². The van der Waals surface area contributed by atoms with Gasteiger partial charge in [-0.15, -0.1) is 0 Å². The number of nitrogens with zero attached hydrogens (tertiary/aromatic N) is 1. The summed E-state index contributed by atoms with van der Waals surface area (Å²) in [5.74, 6) is 0. The molecule has 28 heavy (non-hydrogen) atoms. The molecule has 3 aromatic carbocycles. The first-order chi connectivity index (χ1) is 13.7. The van der Waals surface area contributed by atoms with Crippen LogP contribution >= 0.6 is 11.6 Å². The van der Waals surface area contributed by atoms with Gasteiger partial charge in [0.1, 0.15) is 5.58 Å². The largest absolute Gasteiger partial charge is 0.437 e. The molecule has 0 atom stereocenters. The Balaban J connectivity index is 1.82. The molecule has 2 aromatic heterocycles. The van der Waals surface area contributed by atoms with Gasteiger partial charge in [-0.1, -0.05) is 48.0 Å². The standard InChI is InChI=1S/C24H17ClN2O/c1-15-5-4-7-17-13-20(22-14-16-6-2-3-8-21(16)27-22)24(28-23(15)17)26-19-11-9-18(25)10-12-19/h2-14,27H,1H3. The Labute approximate surface area is 166 Å². The Morgan fingerprint density at radius 1 is 0.857 bits per heavy atom. The van der Waals surface area contributed by atoms with Crippen molar-refractivity contribution < 1.29 is 4.42 Å². The number of halogens is 1. The Hall–Kier alpha value is -3.30. The van der Waals surface area contributed by atoms with Crippen LogP contribution in [0.3, 0.4) is 0 Å². The van der Waals surface area contributed by atoms with E-state index in [4.69, 9.17) is 21.0 Å². The highest BCUT2D eigenvalue weighted by atomic mass is 35.5.